The Labute approximate surface area is 105 Å². The molecule has 1 aromatic heterocycles. The third-order valence-corrected chi connectivity index (χ3v) is 1.99. The SMILES string of the molecule is O=P([O-])(O)O.c1ccc(C[n+]2ccccc2)cc1. The fraction of sp³-hybridized carbons (Fsp3) is 0.0833. The van der Waals surface area contributed by atoms with E-state index in [4.69, 9.17) is 19.2 Å². The lowest BCUT2D eigenvalue weighted by Gasteiger charge is -2.01. The van der Waals surface area contributed by atoms with E-state index < -0.39 is 7.82 Å². The van der Waals surface area contributed by atoms with E-state index in [1.165, 1.54) is 5.56 Å². The molecule has 0 radical (unpaired) electrons. The van der Waals surface area contributed by atoms with E-state index in [1.54, 1.807) is 0 Å². The van der Waals surface area contributed by atoms with Crippen molar-refractivity contribution in [1.29, 1.82) is 0 Å². The summed E-state index contributed by atoms with van der Waals surface area (Å²) < 4.78 is 10.9. The van der Waals surface area contributed by atoms with E-state index in [0.29, 0.717) is 0 Å². The number of phosphoric acid groups is 1. The Kier molecular flexibility index (Phi) is 5.68. The molecule has 6 heteroatoms. The molecule has 0 aliphatic heterocycles. The maximum Gasteiger partial charge on any atom is 0.262 e. The second kappa shape index (κ2) is 7.03. The van der Waals surface area contributed by atoms with Crippen molar-refractivity contribution in [3.8, 4) is 0 Å². The summed E-state index contributed by atoms with van der Waals surface area (Å²) in [6.45, 7) is 0.946. The van der Waals surface area contributed by atoms with Gasteiger partial charge in [-0.05, 0) is 0 Å². The van der Waals surface area contributed by atoms with Gasteiger partial charge < -0.3 is 14.7 Å². The molecule has 5 nitrogen and oxygen atoms in total. The van der Waals surface area contributed by atoms with Gasteiger partial charge in [-0.25, -0.2) is 4.57 Å². The summed E-state index contributed by atoms with van der Waals surface area (Å²) in [6.07, 6.45) is 4.15. The van der Waals surface area contributed by atoms with Crippen molar-refractivity contribution in [2.75, 3.05) is 0 Å². The van der Waals surface area contributed by atoms with Crippen LogP contribution in [0.5, 0.6) is 0 Å². The Morgan fingerprint density at radius 2 is 1.44 bits per heavy atom. The smallest absolute Gasteiger partial charge is 0.262 e. The van der Waals surface area contributed by atoms with Gasteiger partial charge in [0.05, 0.1) is 0 Å². The minimum atomic E-state index is -4.89. The normalized spacial score (nSPS) is 10.4. The summed E-state index contributed by atoms with van der Waals surface area (Å²) in [5.41, 5.74) is 1.33. The maximum atomic E-state index is 8.77. The number of nitrogens with zero attached hydrogens (tertiary/aromatic N) is 1. The summed E-state index contributed by atoms with van der Waals surface area (Å²) in [6, 6.07) is 16.6. The third kappa shape index (κ3) is 7.70. The van der Waals surface area contributed by atoms with Gasteiger partial charge in [0.15, 0.2) is 18.9 Å². The number of hydrogen-bond donors (Lipinski definition) is 2. The average Bonchev–Trinajstić information content (AvgIpc) is 2.29. The number of benzene rings is 1. The fourth-order valence-corrected chi connectivity index (χ4v) is 1.33. The Morgan fingerprint density at radius 3 is 1.94 bits per heavy atom. The van der Waals surface area contributed by atoms with Crippen LogP contribution >= 0.6 is 7.82 Å². The zero-order valence-corrected chi connectivity index (χ0v) is 10.5. The number of hydrogen-bond acceptors (Lipinski definition) is 2. The van der Waals surface area contributed by atoms with Crippen LogP contribution in [-0.2, 0) is 11.1 Å². The van der Waals surface area contributed by atoms with Crippen LogP contribution in [0.25, 0.3) is 0 Å². The van der Waals surface area contributed by atoms with Gasteiger partial charge in [-0.2, -0.15) is 0 Å². The van der Waals surface area contributed by atoms with Crippen LogP contribution in [0, 0.1) is 0 Å². The largest absolute Gasteiger partial charge is 0.756 e. The van der Waals surface area contributed by atoms with Gasteiger partial charge in [-0.15, -0.1) is 0 Å². The van der Waals surface area contributed by atoms with Crippen molar-refractivity contribution in [3.63, 3.8) is 0 Å². The number of aromatic nitrogens is 1. The van der Waals surface area contributed by atoms with Crippen LogP contribution in [0.3, 0.4) is 0 Å². The first-order chi connectivity index (χ1) is 8.45. The third-order valence-electron chi connectivity index (χ3n) is 1.99. The molecule has 1 aromatic carbocycles. The first-order valence-electron chi connectivity index (χ1n) is 5.20. The standard InChI is InChI=1S/C12H12N.H3O4P/c1-3-7-12(8-4-1)11-13-9-5-2-6-10-13;1-5(2,3)4/h1-10H,11H2;(H3,1,2,3,4)/q+1;/p-1. The number of pyridine rings is 1. The van der Waals surface area contributed by atoms with E-state index in [9.17, 15) is 0 Å². The topological polar surface area (TPSA) is 84.5 Å². The monoisotopic (exact) mass is 267 g/mol. The molecule has 0 spiro atoms. The molecule has 1 heterocycles. The van der Waals surface area contributed by atoms with Gasteiger partial charge in [0.1, 0.15) is 0 Å². The minimum Gasteiger partial charge on any atom is -0.756 e. The van der Waals surface area contributed by atoms with Crippen molar-refractivity contribution in [2.45, 2.75) is 6.54 Å². The molecule has 18 heavy (non-hydrogen) atoms. The highest BCUT2D eigenvalue weighted by Crippen LogP contribution is 2.18. The highest BCUT2D eigenvalue weighted by atomic mass is 31.2. The molecule has 0 unspecified atom stereocenters. The molecule has 0 fully saturated rings. The van der Waals surface area contributed by atoms with Crippen LogP contribution in [0.4, 0.5) is 0 Å². The lowest BCUT2D eigenvalue weighted by molar-refractivity contribution is -0.688. The van der Waals surface area contributed by atoms with Crippen molar-refractivity contribution in [3.05, 3.63) is 66.5 Å². The fourth-order valence-electron chi connectivity index (χ4n) is 1.33. The van der Waals surface area contributed by atoms with Crippen molar-refractivity contribution >= 4 is 7.82 Å². The zero-order chi connectivity index (χ0) is 13.4. The van der Waals surface area contributed by atoms with E-state index >= 15 is 0 Å². The highest BCUT2D eigenvalue weighted by molar-refractivity contribution is 7.43. The number of rotatable bonds is 2. The van der Waals surface area contributed by atoms with Crippen molar-refractivity contribution < 1.29 is 23.8 Å². The lowest BCUT2D eigenvalue weighted by atomic mass is 10.2. The Morgan fingerprint density at radius 1 is 1.00 bits per heavy atom. The van der Waals surface area contributed by atoms with Gasteiger partial charge >= 0.3 is 0 Å². The summed E-state index contributed by atoms with van der Waals surface area (Å²) >= 11 is 0. The first kappa shape index (κ1) is 14.5. The molecule has 0 saturated carbocycles. The van der Waals surface area contributed by atoms with Crippen LogP contribution in [0.2, 0.25) is 0 Å². The molecule has 2 N–H and O–H groups in total. The summed E-state index contributed by atoms with van der Waals surface area (Å²) in [5, 5.41) is 0. The van der Waals surface area contributed by atoms with Crippen LogP contribution in [0.1, 0.15) is 5.56 Å². The first-order valence-corrected chi connectivity index (χ1v) is 6.73. The molecule has 0 amide bonds. The van der Waals surface area contributed by atoms with Gasteiger partial charge in [0.2, 0.25) is 0 Å². The van der Waals surface area contributed by atoms with Gasteiger partial charge in [0.25, 0.3) is 7.82 Å². The molecule has 0 saturated heterocycles. The van der Waals surface area contributed by atoms with Crippen LogP contribution in [0.15, 0.2) is 60.9 Å². The van der Waals surface area contributed by atoms with Gasteiger partial charge in [-0.3, -0.25) is 4.57 Å². The molecule has 2 aromatic rings. The van der Waals surface area contributed by atoms with E-state index in [2.05, 4.69) is 41.2 Å². The summed E-state index contributed by atoms with van der Waals surface area (Å²) in [7, 11) is -4.89. The quantitative estimate of drug-likeness (QED) is 0.611. The second-order valence-corrected chi connectivity index (χ2v) is 4.51. The van der Waals surface area contributed by atoms with Crippen LogP contribution < -0.4 is 9.46 Å². The molecule has 0 bridgehead atoms. The second-order valence-electron chi connectivity index (χ2n) is 3.52. The predicted molar refractivity (Wildman–Crippen MR) is 64.2 cm³/mol. The van der Waals surface area contributed by atoms with Gasteiger partial charge in [-0.1, -0.05) is 36.4 Å². The predicted octanol–water partition coefficient (Wildman–Crippen LogP) is 0.462. The molecule has 96 valence electrons. The van der Waals surface area contributed by atoms with E-state index in [-0.39, 0.29) is 0 Å². The van der Waals surface area contributed by atoms with Crippen molar-refractivity contribution in [2.24, 2.45) is 0 Å². The summed E-state index contributed by atoms with van der Waals surface area (Å²) in [4.78, 5) is 22.9. The zero-order valence-electron chi connectivity index (χ0n) is 9.59. The molecule has 2 rings (SSSR count). The average molecular weight is 267 g/mol. The van der Waals surface area contributed by atoms with Crippen molar-refractivity contribution in [1.82, 2.24) is 0 Å². The Bertz CT molecular complexity index is 452. The van der Waals surface area contributed by atoms with E-state index in [1.807, 2.05) is 24.3 Å². The Balaban J connectivity index is 0.000000280. The minimum absolute atomic E-state index is 0.946. The molecule has 0 aliphatic rings. The molecular formula is C12H14NO4P. The van der Waals surface area contributed by atoms with E-state index in [0.717, 1.165) is 6.54 Å². The van der Waals surface area contributed by atoms with Crippen LogP contribution in [-0.4, -0.2) is 9.79 Å². The summed E-state index contributed by atoms with van der Waals surface area (Å²) in [5.74, 6) is 0. The maximum absolute atomic E-state index is 8.77. The molecular weight excluding hydrogens is 253 g/mol. The lowest BCUT2D eigenvalue weighted by Crippen LogP contribution is -2.32. The van der Waals surface area contributed by atoms with Gasteiger partial charge in [0, 0.05) is 17.7 Å². The molecule has 0 atom stereocenters. The highest BCUT2D eigenvalue weighted by Gasteiger charge is 1.98. The Hall–Kier alpha value is -1.52. The molecule has 0 aliphatic carbocycles.